The van der Waals surface area contributed by atoms with Gasteiger partial charge in [-0.05, 0) is 20.2 Å². The smallest absolute Gasteiger partial charge is 0.262 e. The lowest BCUT2D eigenvalue weighted by Crippen LogP contribution is -2.43. The summed E-state index contributed by atoms with van der Waals surface area (Å²) in [6.45, 7) is -0.134. The fraction of sp³-hybridized carbons (Fsp3) is 0.562. The Hall–Kier alpha value is -1.15. The maximum atomic E-state index is 13.2. The van der Waals surface area contributed by atoms with Gasteiger partial charge in [0.25, 0.3) is 5.92 Å². The van der Waals surface area contributed by atoms with Crippen molar-refractivity contribution in [1.29, 1.82) is 0 Å². The van der Waals surface area contributed by atoms with Crippen molar-refractivity contribution in [2.24, 2.45) is 0 Å². The summed E-state index contributed by atoms with van der Waals surface area (Å²) in [5.41, 5.74) is 0.935. The lowest BCUT2D eigenvalue weighted by atomic mass is 10.0. The molecule has 1 aliphatic heterocycles. The lowest BCUT2D eigenvalue weighted by Gasteiger charge is -2.27. The quantitative estimate of drug-likeness (QED) is 0.770. The maximum Gasteiger partial charge on any atom is 0.262 e. The van der Waals surface area contributed by atoms with E-state index in [1.807, 2.05) is 43.3 Å². The van der Waals surface area contributed by atoms with Crippen molar-refractivity contribution in [2.75, 3.05) is 34.3 Å². The Morgan fingerprint density at radius 3 is 2.56 bits per heavy atom. The molecule has 0 saturated carbocycles. The number of para-hydroxylation sites is 1. The molecule has 144 valence electrons. The van der Waals surface area contributed by atoms with Crippen LogP contribution >= 0.6 is 24.8 Å². The van der Waals surface area contributed by atoms with Crippen LogP contribution in [0.25, 0.3) is 0 Å². The van der Waals surface area contributed by atoms with E-state index in [4.69, 9.17) is 4.74 Å². The lowest BCUT2D eigenvalue weighted by molar-refractivity contribution is -0.123. The summed E-state index contributed by atoms with van der Waals surface area (Å²) in [7, 11) is 5.38. The van der Waals surface area contributed by atoms with Crippen molar-refractivity contribution in [3.8, 4) is 5.75 Å². The van der Waals surface area contributed by atoms with Gasteiger partial charge in [-0.15, -0.1) is 24.8 Å². The van der Waals surface area contributed by atoms with E-state index >= 15 is 0 Å². The Bertz CT molecular complexity index is 562. The standard InChI is InChI=1S/C16H23F2N3O2.2ClH/c1-21(2)13(11-6-4-5-7-14(11)23-3)9-19-15(22)12-8-16(17,18)10-20-12;;/h4-7,12-13,20H,8-10H2,1-3H3,(H,19,22);2*1H. The molecule has 1 aromatic carbocycles. The number of nitrogens with one attached hydrogen (secondary N) is 2. The van der Waals surface area contributed by atoms with Crippen LogP contribution in [0.15, 0.2) is 24.3 Å². The van der Waals surface area contributed by atoms with Crippen molar-refractivity contribution in [3.05, 3.63) is 29.8 Å². The number of carbonyl (C=O) groups is 1. The third-order valence-electron chi connectivity index (χ3n) is 4.02. The molecule has 0 aliphatic carbocycles. The highest BCUT2D eigenvalue weighted by atomic mass is 35.5. The molecule has 1 amide bonds. The number of halogens is 4. The number of carbonyl (C=O) groups excluding carboxylic acids is 1. The molecule has 0 radical (unpaired) electrons. The van der Waals surface area contributed by atoms with Gasteiger partial charge >= 0.3 is 0 Å². The molecule has 0 bridgehead atoms. The topological polar surface area (TPSA) is 53.6 Å². The highest BCUT2D eigenvalue weighted by molar-refractivity contribution is 5.85. The first-order valence-corrected chi connectivity index (χ1v) is 7.52. The van der Waals surface area contributed by atoms with Crippen molar-refractivity contribution < 1.29 is 18.3 Å². The summed E-state index contributed by atoms with van der Waals surface area (Å²) in [5.74, 6) is -2.49. The number of methoxy groups -OCH3 is 1. The van der Waals surface area contributed by atoms with Crippen LogP contribution in [0.3, 0.4) is 0 Å². The van der Waals surface area contributed by atoms with Crippen LogP contribution in [-0.2, 0) is 4.79 Å². The molecule has 5 nitrogen and oxygen atoms in total. The van der Waals surface area contributed by atoms with Gasteiger partial charge in [-0.2, -0.15) is 0 Å². The fourth-order valence-electron chi connectivity index (χ4n) is 2.73. The molecular weight excluding hydrogens is 375 g/mol. The normalized spacial score (nSPS) is 19.5. The summed E-state index contributed by atoms with van der Waals surface area (Å²) in [6.07, 6.45) is -0.458. The first-order valence-electron chi connectivity index (χ1n) is 7.52. The third-order valence-corrected chi connectivity index (χ3v) is 4.02. The van der Waals surface area contributed by atoms with Gasteiger partial charge in [0.1, 0.15) is 5.75 Å². The van der Waals surface area contributed by atoms with Gasteiger partial charge in [0.15, 0.2) is 0 Å². The van der Waals surface area contributed by atoms with Crippen LogP contribution in [-0.4, -0.2) is 57.1 Å². The predicted octanol–water partition coefficient (Wildman–Crippen LogP) is 2.25. The highest BCUT2D eigenvalue weighted by Gasteiger charge is 2.42. The molecule has 1 aliphatic rings. The fourth-order valence-corrected chi connectivity index (χ4v) is 2.73. The van der Waals surface area contributed by atoms with E-state index in [1.165, 1.54) is 0 Å². The average molecular weight is 400 g/mol. The second kappa shape index (κ2) is 10.1. The SMILES string of the molecule is COc1ccccc1C(CNC(=O)C1CC(F)(F)CN1)N(C)C.Cl.Cl. The zero-order chi connectivity index (χ0) is 17.0. The van der Waals surface area contributed by atoms with E-state index in [2.05, 4.69) is 10.6 Å². The minimum absolute atomic E-state index is 0. The Morgan fingerprint density at radius 1 is 1.40 bits per heavy atom. The second-order valence-electron chi connectivity index (χ2n) is 5.96. The molecule has 9 heteroatoms. The summed E-state index contributed by atoms with van der Waals surface area (Å²) in [6, 6.07) is 6.60. The van der Waals surface area contributed by atoms with Gasteiger partial charge in [0.2, 0.25) is 5.91 Å². The van der Waals surface area contributed by atoms with Gasteiger partial charge in [0, 0.05) is 18.5 Å². The Morgan fingerprint density at radius 2 is 2.04 bits per heavy atom. The van der Waals surface area contributed by atoms with Gasteiger partial charge in [-0.1, -0.05) is 18.2 Å². The van der Waals surface area contributed by atoms with Crippen LogP contribution in [0.5, 0.6) is 5.75 Å². The number of likely N-dealkylation sites (N-methyl/N-ethyl adjacent to an activating group) is 1. The summed E-state index contributed by atoms with van der Waals surface area (Å²) < 4.78 is 31.7. The van der Waals surface area contributed by atoms with Gasteiger partial charge in [-0.3, -0.25) is 10.1 Å². The zero-order valence-corrected chi connectivity index (χ0v) is 16.1. The van der Waals surface area contributed by atoms with Crippen LogP contribution in [0.2, 0.25) is 0 Å². The van der Waals surface area contributed by atoms with E-state index in [9.17, 15) is 13.6 Å². The molecule has 0 aromatic heterocycles. The van der Waals surface area contributed by atoms with Crippen molar-refractivity contribution in [2.45, 2.75) is 24.4 Å². The number of alkyl halides is 2. The van der Waals surface area contributed by atoms with Crippen LogP contribution in [0.4, 0.5) is 8.78 Å². The number of amides is 1. The van der Waals surface area contributed by atoms with E-state index in [0.29, 0.717) is 6.54 Å². The number of ether oxygens (including phenoxy) is 1. The Kier molecular flexibility index (Phi) is 9.64. The Balaban J connectivity index is 0.00000288. The zero-order valence-electron chi connectivity index (χ0n) is 14.4. The number of rotatable bonds is 6. The summed E-state index contributed by atoms with van der Waals surface area (Å²) in [4.78, 5) is 14.0. The van der Waals surface area contributed by atoms with Crippen molar-refractivity contribution >= 4 is 30.7 Å². The second-order valence-corrected chi connectivity index (χ2v) is 5.96. The first kappa shape index (κ1) is 23.9. The first-order chi connectivity index (χ1) is 10.8. The minimum atomic E-state index is -2.81. The number of nitrogens with zero attached hydrogens (tertiary/aromatic N) is 1. The number of hydrogen-bond acceptors (Lipinski definition) is 4. The van der Waals surface area contributed by atoms with Gasteiger partial charge in [-0.25, -0.2) is 8.78 Å². The summed E-state index contributed by atoms with van der Waals surface area (Å²) >= 11 is 0. The highest BCUT2D eigenvalue weighted by Crippen LogP contribution is 2.28. The molecule has 2 rings (SSSR count). The molecule has 25 heavy (non-hydrogen) atoms. The molecule has 2 atom stereocenters. The molecule has 2 unspecified atom stereocenters. The van der Waals surface area contributed by atoms with E-state index in [-0.39, 0.29) is 30.9 Å². The van der Waals surface area contributed by atoms with Crippen LogP contribution in [0.1, 0.15) is 18.0 Å². The monoisotopic (exact) mass is 399 g/mol. The van der Waals surface area contributed by atoms with E-state index < -0.39 is 30.8 Å². The van der Waals surface area contributed by atoms with E-state index in [1.54, 1.807) is 7.11 Å². The number of hydrogen-bond donors (Lipinski definition) is 2. The van der Waals surface area contributed by atoms with E-state index in [0.717, 1.165) is 11.3 Å². The predicted molar refractivity (Wildman–Crippen MR) is 98.3 cm³/mol. The summed E-state index contributed by atoms with van der Waals surface area (Å²) in [5, 5.41) is 5.32. The molecule has 1 heterocycles. The average Bonchev–Trinajstić information content (AvgIpc) is 2.87. The van der Waals surface area contributed by atoms with Gasteiger partial charge < -0.3 is 15.0 Å². The van der Waals surface area contributed by atoms with Gasteiger partial charge in [0.05, 0.1) is 25.7 Å². The molecule has 0 spiro atoms. The van der Waals surface area contributed by atoms with Crippen LogP contribution in [0, 0.1) is 0 Å². The third kappa shape index (κ3) is 6.26. The van der Waals surface area contributed by atoms with Crippen molar-refractivity contribution in [1.82, 2.24) is 15.5 Å². The van der Waals surface area contributed by atoms with Crippen LogP contribution < -0.4 is 15.4 Å². The molecule has 1 fully saturated rings. The minimum Gasteiger partial charge on any atom is -0.496 e. The molecule has 2 N–H and O–H groups in total. The number of benzene rings is 1. The largest absolute Gasteiger partial charge is 0.496 e. The molecular formula is C16H25Cl2F2N3O2. The van der Waals surface area contributed by atoms with Crippen molar-refractivity contribution in [3.63, 3.8) is 0 Å². The molecule has 1 aromatic rings. The Labute approximate surface area is 159 Å². The molecule has 1 saturated heterocycles. The maximum absolute atomic E-state index is 13.2.